The molecule has 0 aliphatic rings. The fourth-order valence-corrected chi connectivity index (χ4v) is 1.16. The number of rotatable bonds is 5. The number of carboxylic acids is 1. The zero-order chi connectivity index (χ0) is 12.7. The van der Waals surface area contributed by atoms with Gasteiger partial charge in [-0.15, -0.1) is 0 Å². The molecule has 1 aromatic rings. The number of hydrogen-bond acceptors (Lipinski definition) is 4. The fraction of sp³-hybridized carbons (Fsp3) is 0.167. The molecule has 5 nitrogen and oxygen atoms in total. The van der Waals surface area contributed by atoms with E-state index in [1.54, 1.807) is 24.3 Å². The molecule has 17 heavy (non-hydrogen) atoms. The SMILES string of the molecule is COCOc1ccc(C(C#N)=CC(=O)O)cc1. The molecule has 5 heteroatoms. The van der Waals surface area contributed by atoms with Crippen molar-refractivity contribution in [1.82, 2.24) is 0 Å². The number of nitrogens with zero attached hydrogens (tertiary/aromatic N) is 1. The van der Waals surface area contributed by atoms with Crippen LogP contribution >= 0.6 is 0 Å². The molecule has 0 atom stereocenters. The van der Waals surface area contributed by atoms with Crippen LogP contribution in [0.3, 0.4) is 0 Å². The molecular weight excluding hydrogens is 222 g/mol. The maximum atomic E-state index is 10.5. The van der Waals surface area contributed by atoms with Gasteiger partial charge in [-0.3, -0.25) is 0 Å². The van der Waals surface area contributed by atoms with E-state index in [9.17, 15) is 4.79 Å². The summed E-state index contributed by atoms with van der Waals surface area (Å²) in [5, 5.41) is 17.4. The van der Waals surface area contributed by atoms with E-state index in [-0.39, 0.29) is 12.4 Å². The first-order valence-corrected chi connectivity index (χ1v) is 4.74. The Morgan fingerprint density at radius 2 is 2.12 bits per heavy atom. The van der Waals surface area contributed by atoms with E-state index in [4.69, 9.17) is 19.8 Å². The number of ether oxygens (including phenoxy) is 2. The summed E-state index contributed by atoms with van der Waals surface area (Å²) in [6, 6.07) is 8.34. The van der Waals surface area contributed by atoms with Crippen molar-refractivity contribution in [3.05, 3.63) is 35.9 Å². The van der Waals surface area contributed by atoms with Crippen LogP contribution < -0.4 is 4.74 Å². The molecule has 1 N–H and O–H groups in total. The Morgan fingerprint density at radius 1 is 1.47 bits per heavy atom. The van der Waals surface area contributed by atoms with Crippen molar-refractivity contribution in [3.8, 4) is 11.8 Å². The van der Waals surface area contributed by atoms with Crippen LogP contribution in [0.1, 0.15) is 5.56 Å². The molecule has 88 valence electrons. The van der Waals surface area contributed by atoms with E-state index in [1.165, 1.54) is 7.11 Å². The largest absolute Gasteiger partial charge is 0.478 e. The van der Waals surface area contributed by atoms with E-state index in [1.807, 2.05) is 6.07 Å². The first-order valence-electron chi connectivity index (χ1n) is 4.74. The molecule has 0 saturated heterocycles. The summed E-state index contributed by atoms with van der Waals surface area (Å²) in [5.41, 5.74) is 0.621. The van der Waals surface area contributed by atoms with Crippen molar-refractivity contribution >= 4 is 11.5 Å². The second-order valence-electron chi connectivity index (χ2n) is 3.08. The van der Waals surface area contributed by atoms with Crippen LogP contribution in [0.4, 0.5) is 0 Å². The molecule has 0 fully saturated rings. The van der Waals surface area contributed by atoms with Crippen molar-refractivity contribution in [2.75, 3.05) is 13.9 Å². The highest BCUT2D eigenvalue weighted by atomic mass is 16.7. The van der Waals surface area contributed by atoms with Gasteiger partial charge in [0.05, 0.1) is 5.57 Å². The lowest BCUT2D eigenvalue weighted by Gasteiger charge is -2.05. The zero-order valence-electron chi connectivity index (χ0n) is 9.21. The number of allylic oxidation sites excluding steroid dienone is 1. The van der Waals surface area contributed by atoms with Gasteiger partial charge in [-0.2, -0.15) is 5.26 Å². The molecule has 0 aromatic heterocycles. The minimum atomic E-state index is -1.15. The number of carbonyl (C=O) groups is 1. The lowest BCUT2D eigenvalue weighted by atomic mass is 10.1. The van der Waals surface area contributed by atoms with Gasteiger partial charge in [-0.25, -0.2) is 4.79 Å². The summed E-state index contributed by atoms with van der Waals surface area (Å²) in [7, 11) is 1.51. The highest BCUT2D eigenvalue weighted by Gasteiger charge is 2.03. The van der Waals surface area contributed by atoms with Crippen LogP contribution in [0.2, 0.25) is 0 Å². The number of carboxylic acid groups (broad SMARTS) is 1. The number of benzene rings is 1. The van der Waals surface area contributed by atoms with E-state index < -0.39 is 5.97 Å². The van der Waals surface area contributed by atoms with E-state index >= 15 is 0 Å². The molecule has 0 unspecified atom stereocenters. The van der Waals surface area contributed by atoms with Crippen LogP contribution in [0.25, 0.3) is 5.57 Å². The lowest BCUT2D eigenvalue weighted by molar-refractivity contribution is -0.131. The number of aliphatic carboxylic acids is 1. The lowest BCUT2D eigenvalue weighted by Crippen LogP contribution is -1.98. The summed E-state index contributed by atoms with van der Waals surface area (Å²) in [4.78, 5) is 10.5. The van der Waals surface area contributed by atoms with Gasteiger partial charge >= 0.3 is 5.97 Å². The standard InChI is InChI=1S/C12H11NO4/c1-16-8-17-11-4-2-9(3-5-11)10(7-13)6-12(14)15/h2-6H,8H2,1H3,(H,14,15). The molecule has 0 aliphatic carbocycles. The Kier molecular flexibility index (Phi) is 4.73. The normalized spacial score (nSPS) is 10.7. The Morgan fingerprint density at radius 3 is 2.59 bits per heavy atom. The first kappa shape index (κ1) is 12.7. The Labute approximate surface area is 98.5 Å². The highest BCUT2D eigenvalue weighted by molar-refractivity contribution is 5.94. The maximum absolute atomic E-state index is 10.5. The van der Waals surface area contributed by atoms with Crippen molar-refractivity contribution in [2.24, 2.45) is 0 Å². The van der Waals surface area contributed by atoms with E-state index in [0.29, 0.717) is 11.3 Å². The summed E-state index contributed by atoms with van der Waals surface area (Å²) in [6.45, 7) is 0.134. The maximum Gasteiger partial charge on any atom is 0.329 e. The number of hydrogen-bond donors (Lipinski definition) is 1. The molecule has 1 rings (SSSR count). The van der Waals surface area contributed by atoms with Crippen molar-refractivity contribution in [2.45, 2.75) is 0 Å². The molecule has 0 aliphatic heterocycles. The van der Waals surface area contributed by atoms with Crippen LogP contribution in [-0.2, 0) is 9.53 Å². The summed E-state index contributed by atoms with van der Waals surface area (Å²) < 4.78 is 9.90. The van der Waals surface area contributed by atoms with Gasteiger partial charge in [0.15, 0.2) is 6.79 Å². The topological polar surface area (TPSA) is 79.5 Å². The molecular formula is C12H11NO4. The minimum absolute atomic E-state index is 0.0933. The monoisotopic (exact) mass is 233 g/mol. The summed E-state index contributed by atoms with van der Waals surface area (Å²) >= 11 is 0. The van der Waals surface area contributed by atoms with Crippen LogP contribution in [-0.4, -0.2) is 25.0 Å². The van der Waals surface area contributed by atoms with Crippen molar-refractivity contribution in [1.29, 1.82) is 5.26 Å². The van der Waals surface area contributed by atoms with E-state index in [2.05, 4.69) is 0 Å². The van der Waals surface area contributed by atoms with E-state index in [0.717, 1.165) is 6.08 Å². The predicted octanol–water partition coefficient (Wildman–Crippen LogP) is 1.66. The van der Waals surface area contributed by atoms with Crippen molar-refractivity contribution < 1.29 is 19.4 Å². The van der Waals surface area contributed by atoms with Crippen molar-refractivity contribution in [3.63, 3.8) is 0 Å². The molecule has 0 heterocycles. The third-order valence-corrected chi connectivity index (χ3v) is 1.90. The molecule has 0 bridgehead atoms. The third kappa shape index (κ3) is 3.97. The molecule has 0 saturated carbocycles. The smallest absolute Gasteiger partial charge is 0.329 e. The van der Waals surface area contributed by atoms with Crippen LogP contribution in [0.15, 0.2) is 30.3 Å². The summed E-state index contributed by atoms with van der Waals surface area (Å²) in [6.07, 6.45) is 0.866. The Balaban J connectivity index is 2.86. The van der Waals surface area contributed by atoms with Gasteiger partial charge in [0.1, 0.15) is 11.8 Å². The van der Waals surface area contributed by atoms with Gasteiger partial charge in [0.25, 0.3) is 0 Å². The quantitative estimate of drug-likeness (QED) is 0.475. The second-order valence-corrected chi connectivity index (χ2v) is 3.08. The Bertz CT molecular complexity index is 456. The molecule has 0 radical (unpaired) electrons. The Hall–Kier alpha value is -2.32. The van der Waals surface area contributed by atoms with Gasteiger partial charge in [0.2, 0.25) is 0 Å². The summed E-state index contributed by atoms with van der Waals surface area (Å²) in [5.74, 6) is -0.565. The minimum Gasteiger partial charge on any atom is -0.478 e. The van der Waals surface area contributed by atoms with Crippen LogP contribution in [0.5, 0.6) is 5.75 Å². The first-order chi connectivity index (χ1) is 8.17. The molecule has 1 aromatic carbocycles. The number of nitriles is 1. The zero-order valence-corrected chi connectivity index (χ0v) is 9.21. The highest BCUT2D eigenvalue weighted by Crippen LogP contribution is 2.18. The average molecular weight is 233 g/mol. The predicted molar refractivity (Wildman–Crippen MR) is 60.2 cm³/mol. The molecule has 0 spiro atoms. The fourth-order valence-electron chi connectivity index (χ4n) is 1.16. The van der Waals surface area contributed by atoms with Gasteiger partial charge in [-0.1, -0.05) is 0 Å². The second kappa shape index (κ2) is 6.30. The van der Waals surface area contributed by atoms with Gasteiger partial charge in [-0.05, 0) is 29.8 Å². The van der Waals surface area contributed by atoms with Gasteiger partial charge in [0, 0.05) is 13.2 Å². The third-order valence-electron chi connectivity index (χ3n) is 1.90. The molecule has 0 amide bonds. The average Bonchev–Trinajstić information content (AvgIpc) is 2.34. The van der Waals surface area contributed by atoms with Crippen LogP contribution in [0, 0.1) is 11.3 Å². The van der Waals surface area contributed by atoms with Gasteiger partial charge < -0.3 is 14.6 Å². The number of methoxy groups -OCH3 is 1.